The topological polar surface area (TPSA) is 63.2 Å². The number of para-hydroxylation sites is 1. The van der Waals surface area contributed by atoms with Crippen LogP contribution in [0, 0.1) is 13.8 Å². The molecule has 4 rings (SSSR count). The largest absolute Gasteiger partial charge is 0.324 e. The number of sulfone groups is 1. The second-order valence-electron chi connectivity index (χ2n) is 7.31. The Morgan fingerprint density at radius 3 is 2.04 bits per heavy atom. The lowest BCUT2D eigenvalue weighted by Gasteiger charge is -2.28. The van der Waals surface area contributed by atoms with E-state index in [4.69, 9.17) is 0 Å². The van der Waals surface area contributed by atoms with E-state index in [1.54, 1.807) is 48.5 Å². The first-order chi connectivity index (χ1) is 13.3. The van der Waals surface area contributed by atoms with Crippen molar-refractivity contribution in [1.82, 2.24) is 0 Å². The molecule has 3 aromatic carbocycles. The van der Waals surface area contributed by atoms with Crippen LogP contribution in [0.25, 0.3) is 0 Å². The van der Waals surface area contributed by atoms with Crippen LogP contribution in [0.2, 0.25) is 0 Å². The molecular formula is C23H21NO3S. The van der Waals surface area contributed by atoms with E-state index < -0.39 is 20.5 Å². The molecule has 28 heavy (non-hydrogen) atoms. The predicted octanol–water partition coefficient (Wildman–Crippen LogP) is 4.17. The van der Waals surface area contributed by atoms with Crippen molar-refractivity contribution in [1.29, 1.82) is 0 Å². The Balaban J connectivity index is 1.96. The summed E-state index contributed by atoms with van der Waals surface area (Å²) in [4.78, 5) is 13.4. The highest BCUT2D eigenvalue weighted by molar-refractivity contribution is 7.93. The Morgan fingerprint density at radius 1 is 0.821 bits per heavy atom. The maximum absolute atomic E-state index is 13.9. The minimum absolute atomic E-state index is 0.0757. The third-order valence-electron chi connectivity index (χ3n) is 5.34. The number of aryl methyl sites for hydroxylation is 2. The number of fused-ring (bicyclic) bond motifs is 1. The third-order valence-corrected chi connectivity index (χ3v) is 7.70. The van der Waals surface area contributed by atoms with E-state index in [0.29, 0.717) is 11.3 Å². The van der Waals surface area contributed by atoms with Gasteiger partial charge in [0.1, 0.15) is 0 Å². The molecule has 5 heteroatoms. The maximum Gasteiger partial charge on any atom is 0.251 e. The van der Waals surface area contributed by atoms with Crippen LogP contribution in [-0.4, -0.2) is 14.3 Å². The van der Waals surface area contributed by atoms with Crippen molar-refractivity contribution in [2.24, 2.45) is 0 Å². The van der Waals surface area contributed by atoms with Crippen LogP contribution in [0.5, 0.6) is 0 Å². The van der Waals surface area contributed by atoms with Crippen molar-refractivity contribution < 1.29 is 13.2 Å². The molecule has 1 N–H and O–H groups in total. The molecule has 142 valence electrons. The zero-order valence-electron chi connectivity index (χ0n) is 15.8. The van der Waals surface area contributed by atoms with Crippen molar-refractivity contribution in [3.63, 3.8) is 0 Å². The average Bonchev–Trinajstić information content (AvgIpc) is 2.97. The summed E-state index contributed by atoms with van der Waals surface area (Å²) in [6.07, 6.45) is 0.0757. The number of benzene rings is 3. The summed E-state index contributed by atoms with van der Waals surface area (Å²) in [5.41, 5.74) is 3.89. The Morgan fingerprint density at radius 2 is 1.39 bits per heavy atom. The molecule has 0 bridgehead atoms. The van der Waals surface area contributed by atoms with Gasteiger partial charge in [0.25, 0.3) is 5.91 Å². The van der Waals surface area contributed by atoms with Crippen molar-refractivity contribution in [2.45, 2.75) is 29.9 Å². The standard InChI is InChI=1S/C23H21NO3S/c1-16-7-11-18(12-8-16)15-23(20-5-3-4-6-21(20)24-22(23)25)28(26,27)19-13-9-17(2)10-14-19/h3-14H,15H2,1-2H3,(H,24,25). The molecule has 0 radical (unpaired) electrons. The zero-order valence-corrected chi connectivity index (χ0v) is 16.6. The molecule has 0 saturated heterocycles. The maximum atomic E-state index is 13.9. The van der Waals surface area contributed by atoms with Gasteiger partial charge in [-0.05, 0) is 37.6 Å². The molecule has 0 saturated carbocycles. The van der Waals surface area contributed by atoms with Gasteiger partial charge in [-0.3, -0.25) is 4.79 Å². The number of hydrogen-bond acceptors (Lipinski definition) is 3. The summed E-state index contributed by atoms with van der Waals surface area (Å²) in [5, 5.41) is 2.79. The number of amides is 1. The lowest BCUT2D eigenvalue weighted by molar-refractivity contribution is -0.118. The Labute approximate surface area is 165 Å². The fourth-order valence-corrected chi connectivity index (χ4v) is 5.76. The van der Waals surface area contributed by atoms with E-state index in [2.05, 4.69) is 5.32 Å². The van der Waals surface area contributed by atoms with Gasteiger partial charge in [-0.2, -0.15) is 0 Å². The smallest absolute Gasteiger partial charge is 0.251 e. The number of rotatable bonds is 4. The Kier molecular flexibility index (Phi) is 4.35. The summed E-state index contributed by atoms with van der Waals surface area (Å²) in [6, 6.07) is 21.3. The second-order valence-corrected chi connectivity index (χ2v) is 9.48. The third kappa shape index (κ3) is 2.74. The van der Waals surface area contributed by atoms with Crippen LogP contribution < -0.4 is 5.32 Å². The monoisotopic (exact) mass is 391 g/mol. The van der Waals surface area contributed by atoms with Gasteiger partial charge in [0.15, 0.2) is 14.6 Å². The molecule has 1 unspecified atom stereocenters. The molecule has 3 aromatic rings. The fourth-order valence-electron chi connectivity index (χ4n) is 3.74. The van der Waals surface area contributed by atoms with E-state index in [1.807, 2.05) is 38.1 Å². The molecule has 1 amide bonds. The lowest BCUT2D eigenvalue weighted by Crippen LogP contribution is -2.44. The number of nitrogens with one attached hydrogen (secondary N) is 1. The minimum Gasteiger partial charge on any atom is -0.324 e. The molecule has 1 heterocycles. The molecule has 0 aliphatic carbocycles. The summed E-state index contributed by atoms with van der Waals surface area (Å²) < 4.78 is 26.0. The molecule has 1 aliphatic heterocycles. The van der Waals surface area contributed by atoms with E-state index in [-0.39, 0.29) is 11.3 Å². The predicted molar refractivity (Wildman–Crippen MR) is 110 cm³/mol. The Hall–Kier alpha value is -2.92. The number of anilines is 1. The quantitative estimate of drug-likeness (QED) is 0.726. The molecule has 0 spiro atoms. The SMILES string of the molecule is Cc1ccc(CC2(S(=O)(=O)c3ccc(C)cc3)C(=O)Nc3ccccc32)cc1. The molecule has 0 fully saturated rings. The first-order valence-electron chi connectivity index (χ1n) is 9.12. The molecule has 1 aliphatic rings. The first-order valence-corrected chi connectivity index (χ1v) is 10.6. The van der Waals surface area contributed by atoms with Gasteiger partial charge in [-0.25, -0.2) is 8.42 Å². The van der Waals surface area contributed by atoms with Crippen LogP contribution in [-0.2, 0) is 25.8 Å². The molecule has 0 aromatic heterocycles. The normalized spacial score (nSPS) is 18.6. The number of carbonyl (C=O) groups is 1. The van der Waals surface area contributed by atoms with Crippen LogP contribution >= 0.6 is 0 Å². The Bertz CT molecular complexity index is 1150. The summed E-state index contributed by atoms with van der Waals surface area (Å²) in [5.74, 6) is -0.505. The van der Waals surface area contributed by atoms with Gasteiger partial charge in [0, 0.05) is 17.7 Å². The van der Waals surface area contributed by atoms with Gasteiger partial charge < -0.3 is 5.32 Å². The van der Waals surface area contributed by atoms with Crippen molar-refractivity contribution in [3.8, 4) is 0 Å². The van der Waals surface area contributed by atoms with Gasteiger partial charge in [-0.15, -0.1) is 0 Å². The van der Waals surface area contributed by atoms with E-state index in [0.717, 1.165) is 16.7 Å². The number of hydrogen-bond donors (Lipinski definition) is 1. The fraction of sp³-hybridized carbons (Fsp3) is 0.174. The lowest BCUT2D eigenvalue weighted by atomic mass is 9.92. The van der Waals surface area contributed by atoms with Crippen LogP contribution in [0.4, 0.5) is 5.69 Å². The highest BCUT2D eigenvalue weighted by Gasteiger charge is 2.57. The van der Waals surface area contributed by atoms with Gasteiger partial charge >= 0.3 is 0 Å². The highest BCUT2D eigenvalue weighted by Crippen LogP contribution is 2.46. The summed E-state index contributed by atoms with van der Waals surface area (Å²) >= 11 is 0. The number of carbonyl (C=O) groups excluding carboxylic acids is 1. The van der Waals surface area contributed by atoms with Gasteiger partial charge in [-0.1, -0.05) is 65.7 Å². The molecule has 1 atom stereocenters. The molecular weight excluding hydrogens is 370 g/mol. The van der Waals surface area contributed by atoms with Crippen LogP contribution in [0.3, 0.4) is 0 Å². The summed E-state index contributed by atoms with van der Waals surface area (Å²) in [7, 11) is -4.00. The zero-order chi connectivity index (χ0) is 19.9. The minimum atomic E-state index is -4.00. The van der Waals surface area contributed by atoms with E-state index in [1.165, 1.54) is 0 Å². The average molecular weight is 391 g/mol. The first kappa shape index (κ1) is 18.4. The van der Waals surface area contributed by atoms with Crippen molar-refractivity contribution >= 4 is 21.4 Å². The van der Waals surface area contributed by atoms with Crippen molar-refractivity contribution in [2.75, 3.05) is 5.32 Å². The van der Waals surface area contributed by atoms with E-state index in [9.17, 15) is 13.2 Å². The van der Waals surface area contributed by atoms with Gasteiger partial charge in [0.2, 0.25) is 0 Å². The molecule has 4 nitrogen and oxygen atoms in total. The second kappa shape index (κ2) is 6.60. The highest BCUT2D eigenvalue weighted by atomic mass is 32.2. The van der Waals surface area contributed by atoms with Crippen LogP contribution in [0.15, 0.2) is 77.7 Å². The van der Waals surface area contributed by atoms with Crippen molar-refractivity contribution in [3.05, 3.63) is 95.1 Å². The van der Waals surface area contributed by atoms with Gasteiger partial charge in [0.05, 0.1) is 4.90 Å². The van der Waals surface area contributed by atoms with Crippen LogP contribution in [0.1, 0.15) is 22.3 Å². The van der Waals surface area contributed by atoms with E-state index >= 15 is 0 Å². The summed E-state index contributed by atoms with van der Waals surface area (Å²) in [6.45, 7) is 3.87.